The van der Waals surface area contributed by atoms with Crippen molar-refractivity contribution in [2.24, 2.45) is 0 Å². The summed E-state index contributed by atoms with van der Waals surface area (Å²) in [5.74, 6) is -1.32. The highest BCUT2D eigenvalue weighted by Gasteiger charge is 2.34. The van der Waals surface area contributed by atoms with E-state index in [9.17, 15) is 14.4 Å². The van der Waals surface area contributed by atoms with Gasteiger partial charge < -0.3 is 15.2 Å². The number of likely N-dealkylation sites (tertiary alicyclic amines) is 1. The maximum Gasteiger partial charge on any atom is 0.410 e. The van der Waals surface area contributed by atoms with E-state index in [2.05, 4.69) is 5.32 Å². The Bertz CT molecular complexity index is 648. The van der Waals surface area contributed by atoms with Gasteiger partial charge in [0.15, 0.2) is 0 Å². The van der Waals surface area contributed by atoms with E-state index in [0.717, 1.165) is 12.8 Å². The van der Waals surface area contributed by atoms with Crippen molar-refractivity contribution in [1.29, 1.82) is 0 Å². The molecule has 1 saturated heterocycles. The predicted molar refractivity (Wildman–Crippen MR) is 92.6 cm³/mol. The van der Waals surface area contributed by atoms with Crippen LogP contribution in [0.5, 0.6) is 0 Å². The molecule has 0 unspecified atom stereocenters. The van der Waals surface area contributed by atoms with Crippen molar-refractivity contribution in [2.45, 2.75) is 51.7 Å². The van der Waals surface area contributed by atoms with Crippen molar-refractivity contribution >= 4 is 23.7 Å². The van der Waals surface area contributed by atoms with E-state index in [1.165, 1.54) is 29.2 Å². The highest BCUT2D eigenvalue weighted by atomic mass is 16.6. The zero-order valence-corrected chi connectivity index (χ0v) is 14.7. The molecule has 136 valence electrons. The van der Waals surface area contributed by atoms with Gasteiger partial charge in [0, 0.05) is 12.2 Å². The first-order valence-electron chi connectivity index (χ1n) is 8.31. The molecule has 25 heavy (non-hydrogen) atoms. The van der Waals surface area contributed by atoms with Crippen LogP contribution in [0.4, 0.5) is 10.5 Å². The number of carboxylic acids is 1. The fraction of sp³-hybridized carbons (Fsp3) is 0.500. The van der Waals surface area contributed by atoms with Gasteiger partial charge in [-0.05, 0) is 64.3 Å². The Morgan fingerprint density at radius 1 is 1.16 bits per heavy atom. The maximum atomic E-state index is 12.6. The third kappa shape index (κ3) is 5.20. The number of ether oxygens (including phenoxy) is 1. The standard InChI is InChI=1S/C18H24N2O5/c1-18(2,3)25-17(24)20-11-5-4-6-14(20)15(21)19-13-9-7-12(8-10-13)16(22)23/h7-10,14H,4-6,11H2,1-3H3,(H,19,21)(H,22,23)/t14-/m0/s1. The van der Waals surface area contributed by atoms with Crippen molar-refractivity contribution in [3.63, 3.8) is 0 Å². The molecular formula is C18H24N2O5. The molecule has 0 aliphatic carbocycles. The smallest absolute Gasteiger partial charge is 0.410 e. The molecule has 0 spiro atoms. The van der Waals surface area contributed by atoms with Crippen LogP contribution < -0.4 is 5.32 Å². The molecule has 1 aromatic carbocycles. The minimum atomic E-state index is -1.03. The lowest BCUT2D eigenvalue weighted by Gasteiger charge is -2.35. The van der Waals surface area contributed by atoms with Crippen molar-refractivity contribution in [1.82, 2.24) is 4.90 Å². The van der Waals surface area contributed by atoms with E-state index in [4.69, 9.17) is 9.84 Å². The Balaban J connectivity index is 2.07. The second-order valence-corrected chi connectivity index (χ2v) is 7.06. The monoisotopic (exact) mass is 348 g/mol. The lowest BCUT2D eigenvalue weighted by molar-refractivity contribution is -0.122. The Morgan fingerprint density at radius 2 is 1.80 bits per heavy atom. The first-order valence-corrected chi connectivity index (χ1v) is 8.31. The first kappa shape index (κ1) is 18.8. The molecule has 1 aliphatic heterocycles. The maximum absolute atomic E-state index is 12.6. The molecule has 0 radical (unpaired) electrons. The number of carboxylic acid groups (broad SMARTS) is 1. The highest BCUT2D eigenvalue weighted by molar-refractivity contribution is 5.97. The highest BCUT2D eigenvalue weighted by Crippen LogP contribution is 2.22. The SMILES string of the molecule is CC(C)(C)OC(=O)N1CCCC[C@H]1C(=O)Nc1ccc(C(=O)O)cc1. The van der Waals surface area contributed by atoms with Crippen LogP contribution in [0.2, 0.25) is 0 Å². The largest absolute Gasteiger partial charge is 0.478 e. The molecule has 1 aliphatic rings. The van der Waals surface area contributed by atoms with E-state index in [1.807, 2.05) is 0 Å². The van der Waals surface area contributed by atoms with Gasteiger partial charge in [-0.25, -0.2) is 9.59 Å². The summed E-state index contributed by atoms with van der Waals surface area (Å²) in [6.07, 6.45) is 1.76. The summed E-state index contributed by atoms with van der Waals surface area (Å²) in [6.45, 7) is 5.83. The number of hydrogen-bond donors (Lipinski definition) is 2. The zero-order valence-electron chi connectivity index (χ0n) is 14.7. The van der Waals surface area contributed by atoms with Gasteiger partial charge in [0.1, 0.15) is 11.6 Å². The summed E-state index contributed by atoms with van der Waals surface area (Å²) in [5, 5.41) is 11.6. The van der Waals surface area contributed by atoms with Crippen LogP contribution in [0, 0.1) is 0 Å². The lowest BCUT2D eigenvalue weighted by Crippen LogP contribution is -2.51. The molecule has 2 amide bonds. The molecule has 1 heterocycles. The Hall–Kier alpha value is -2.57. The second-order valence-electron chi connectivity index (χ2n) is 7.06. The van der Waals surface area contributed by atoms with Gasteiger partial charge in [-0.2, -0.15) is 0 Å². The summed E-state index contributed by atoms with van der Waals surface area (Å²) >= 11 is 0. The molecule has 7 heteroatoms. The van der Waals surface area contributed by atoms with E-state index >= 15 is 0 Å². The van der Waals surface area contributed by atoms with Crippen molar-refractivity contribution in [3.8, 4) is 0 Å². The number of rotatable bonds is 3. The number of nitrogens with one attached hydrogen (secondary N) is 1. The number of amides is 2. The molecule has 1 atom stereocenters. The summed E-state index contributed by atoms with van der Waals surface area (Å²) in [5.41, 5.74) is 0.0122. The summed E-state index contributed by atoms with van der Waals surface area (Å²) in [6, 6.07) is 5.31. The topological polar surface area (TPSA) is 95.9 Å². The third-order valence-electron chi connectivity index (χ3n) is 3.83. The summed E-state index contributed by atoms with van der Waals surface area (Å²) in [7, 11) is 0. The number of carbonyl (C=O) groups excluding carboxylic acids is 2. The zero-order chi connectivity index (χ0) is 18.6. The van der Waals surface area contributed by atoms with E-state index < -0.39 is 23.7 Å². The number of hydrogen-bond acceptors (Lipinski definition) is 4. The summed E-state index contributed by atoms with van der Waals surface area (Å²) in [4.78, 5) is 37.3. The number of anilines is 1. The molecular weight excluding hydrogens is 324 g/mol. The first-order chi connectivity index (χ1) is 11.7. The minimum absolute atomic E-state index is 0.144. The van der Waals surface area contributed by atoms with Gasteiger partial charge in [-0.1, -0.05) is 0 Å². The average molecular weight is 348 g/mol. The third-order valence-corrected chi connectivity index (χ3v) is 3.83. The molecule has 0 bridgehead atoms. The molecule has 1 aromatic rings. The molecule has 1 fully saturated rings. The number of nitrogens with zero attached hydrogens (tertiary/aromatic N) is 1. The Kier molecular flexibility index (Phi) is 5.66. The Labute approximate surface area is 147 Å². The van der Waals surface area contributed by atoms with Gasteiger partial charge in [0.25, 0.3) is 0 Å². The minimum Gasteiger partial charge on any atom is -0.478 e. The second kappa shape index (κ2) is 7.55. The van der Waals surface area contributed by atoms with Crippen LogP contribution in [0.3, 0.4) is 0 Å². The molecule has 2 rings (SSSR count). The van der Waals surface area contributed by atoms with Crippen LogP contribution in [-0.4, -0.2) is 46.2 Å². The number of piperidine rings is 1. The molecule has 7 nitrogen and oxygen atoms in total. The van der Waals surface area contributed by atoms with Crippen LogP contribution in [0.15, 0.2) is 24.3 Å². The van der Waals surface area contributed by atoms with Crippen LogP contribution >= 0.6 is 0 Å². The number of benzene rings is 1. The van der Waals surface area contributed by atoms with E-state index in [-0.39, 0.29) is 11.5 Å². The predicted octanol–water partition coefficient (Wildman–Crippen LogP) is 3.11. The van der Waals surface area contributed by atoms with Crippen LogP contribution in [0.25, 0.3) is 0 Å². The van der Waals surface area contributed by atoms with Gasteiger partial charge >= 0.3 is 12.1 Å². The quantitative estimate of drug-likeness (QED) is 0.875. The average Bonchev–Trinajstić information content (AvgIpc) is 2.53. The fourth-order valence-electron chi connectivity index (χ4n) is 2.66. The fourth-order valence-corrected chi connectivity index (χ4v) is 2.66. The van der Waals surface area contributed by atoms with Crippen LogP contribution in [0.1, 0.15) is 50.4 Å². The molecule has 0 aromatic heterocycles. The van der Waals surface area contributed by atoms with E-state index in [1.54, 1.807) is 20.8 Å². The van der Waals surface area contributed by atoms with Gasteiger partial charge in [-0.3, -0.25) is 9.69 Å². The molecule has 0 saturated carbocycles. The van der Waals surface area contributed by atoms with Crippen molar-refractivity contribution in [3.05, 3.63) is 29.8 Å². The summed E-state index contributed by atoms with van der Waals surface area (Å²) < 4.78 is 5.39. The van der Waals surface area contributed by atoms with Gasteiger partial charge in [0.05, 0.1) is 5.56 Å². The lowest BCUT2D eigenvalue weighted by atomic mass is 10.0. The van der Waals surface area contributed by atoms with E-state index in [0.29, 0.717) is 18.7 Å². The number of aromatic carboxylic acids is 1. The normalized spacial score (nSPS) is 17.7. The van der Waals surface area contributed by atoms with Gasteiger partial charge in [0.2, 0.25) is 5.91 Å². The van der Waals surface area contributed by atoms with Gasteiger partial charge in [-0.15, -0.1) is 0 Å². The number of carbonyl (C=O) groups is 3. The molecule has 2 N–H and O–H groups in total. The van der Waals surface area contributed by atoms with Crippen LogP contribution in [-0.2, 0) is 9.53 Å². The van der Waals surface area contributed by atoms with Crippen molar-refractivity contribution < 1.29 is 24.2 Å². The Morgan fingerprint density at radius 3 is 2.36 bits per heavy atom. The van der Waals surface area contributed by atoms with Crippen molar-refractivity contribution in [2.75, 3.05) is 11.9 Å².